The van der Waals surface area contributed by atoms with Gasteiger partial charge in [0.25, 0.3) is 0 Å². The topological polar surface area (TPSA) is 15.3 Å². The highest BCUT2D eigenvalue weighted by molar-refractivity contribution is 5.61. The van der Waals surface area contributed by atoms with Gasteiger partial charge < -0.3 is 10.2 Å². The zero-order valence-corrected chi connectivity index (χ0v) is 10.7. The monoisotopic (exact) mass is 218 g/mol. The predicted molar refractivity (Wildman–Crippen MR) is 70.0 cm³/mol. The number of anilines is 1. The summed E-state index contributed by atoms with van der Waals surface area (Å²) in [5, 5.41) is 3.21. The first-order chi connectivity index (χ1) is 7.63. The molecule has 1 aliphatic heterocycles. The van der Waals surface area contributed by atoms with Crippen LogP contribution in [0.2, 0.25) is 0 Å². The molecule has 0 radical (unpaired) electrons. The fraction of sp³-hybridized carbons (Fsp3) is 0.571. The summed E-state index contributed by atoms with van der Waals surface area (Å²) >= 11 is 0. The van der Waals surface area contributed by atoms with Crippen LogP contribution in [0.5, 0.6) is 0 Å². The van der Waals surface area contributed by atoms with E-state index in [1.54, 1.807) is 0 Å². The highest BCUT2D eigenvalue weighted by atomic mass is 15.2. The van der Waals surface area contributed by atoms with E-state index in [9.17, 15) is 0 Å². The Morgan fingerprint density at radius 1 is 1.44 bits per heavy atom. The summed E-state index contributed by atoms with van der Waals surface area (Å²) in [5.74, 6) is 0. The average molecular weight is 218 g/mol. The standard InChI is InChI=1S/C14H22N2/c1-10(2)16-11(3)7-13-6-5-12(9-15-4)8-14(13)16/h5-6,8,10-11,15H,7,9H2,1-4H3. The van der Waals surface area contributed by atoms with E-state index in [2.05, 4.69) is 49.2 Å². The van der Waals surface area contributed by atoms with Gasteiger partial charge in [-0.1, -0.05) is 12.1 Å². The Balaban J connectivity index is 2.34. The third-order valence-corrected chi connectivity index (χ3v) is 3.36. The largest absolute Gasteiger partial charge is 0.366 e. The molecule has 0 amide bonds. The van der Waals surface area contributed by atoms with Gasteiger partial charge in [-0.2, -0.15) is 0 Å². The van der Waals surface area contributed by atoms with E-state index in [4.69, 9.17) is 0 Å². The van der Waals surface area contributed by atoms with Crippen molar-refractivity contribution >= 4 is 5.69 Å². The number of benzene rings is 1. The molecule has 1 aromatic rings. The van der Waals surface area contributed by atoms with Gasteiger partial charge in [0.2, 0.25) is 0 Å². The molecule has 1 atom stereocenters. The van der Waals surface area contributed by atoms with E-state index >= 15 is 0 Å². The molecular formula is C14H22N2. The second kappa shape index (κ2) is 4.46. The van der Waals surface area contributed by atoms with Crippen LogP contribution in [0.25, 0.3) is 0 Å². The van der Waals surface area contributed by atoms with Crippen molar-refractivity contribution < 1.29 is 0 Å². The van der Waals surface area contributed by atoms with Crippen LogP contribution >= 0.6 is 0 Å². The molecule has 0 saturated heterocycles. The lowest BCUT2D eigenvalue weighted by atomic mass is 10.1. The molecule has 2 nitrogen and oxygen atoms in total. The molecule has 0 saturated carbocycles. The highest BCUT2D eigenvalue weighted by Gasteiger charge is 2.27. The Bertz CT molecular complexity index is 371. The maximum atomic E-state index is 3.21. The molecule has 16 heavy (non-hydrogen) atoms. The van der Waals surface area contributed by atoms with Crippen LogP contribution in [0.1, 0.15) is 31.9 Å². The number of fused-ring (bicyclic) bond motifs is 1. The second-order valence-corrected chi connectivity index (χ2v) is 5.05. The summed E-state index contributed by atoms with van der Waals surface area (Å²) in [6, 6.07) is 8.10. The second-order valence-electron chi connectivity index (χ2n) is 5.05. The average Bonchev–Trinajstić information content (AvgIpc) is 2.53. The van der Waals surface area contributed by atoms with Gasteiger partial charge in [0.1, 0.15) is 0 Å². The number of hydrogen-bond acceptors (Lipinski definition) is 2. The van der Waals surface area contributed by atoms with Gasteiger partial charge in [-0.25, -0.2) is 0 Å². The normalized spacial score (nSPS) is 19.3. The first-order valence-corrected chi connectivity index (χ1v) is 6.18. The van der Waals surface area contributed by atoms with E-state index in [0.29, 0.717) is 12.1 Å². The van der Waals surface area contributed by atoms with Crippen molar-refractivity contribution in [3.8, 4) is 0 Å². The zero-order valence-electron chi connectivity index (χ0n) is 10.7. The van der Waals surface area contributed by atoms with Crippen LogP contribution in [-0.4, -0.2) is 19.1 Å². The molecular weight excluding hydrogens is 196 g/mol. The van der Waals surface area contributed by atoms with E-state index in [-0.39, 0.29) is 0 Å². The number of nitrogens with zero attached hydrogens (tertiary/aromatic N) is 1. The highest BCUT2D eigenvalue weighted by Crippen LogP contribution is 2.34. The smallest absolute Gasteiger partial charge is 0.0407 e. The van der Waals surface area contributed by atoms with Crippen LogP contribution in [-0.2, 0) is 13.0 Å². The SMILES string of the molecule is CNCc1ccc2c(c1)N(C(C)C)C(C)C2. The van der Waals surface area contributed by atoms with Gasteiger partial charge in [-0.15, -0.1) is 0 Å². The van der Waals surface area contributed by atoms with Crippen molar-refractivity contribution in [2.45, 2.75) is 45.8 Å². The molecule has 0 bridgehead atoms. The van der Waals surface area contributed by atoms with Crippen LogP contribution in [0.4, 0.5) is 5.69 Å². The van der Waals surface area contributed by atoms with Crippen molar-refractivity contribution in [2.75, 3.05) is 11.9 Å². The molecule has 1 N–H and O–H groups in total. The zero-order chi connectivity index (χ0) is 11.7. The molecule has 1 aliphatic rings. The molecule has 2 heteroatoms. The van der Waals surface area contributed by atoms with E-state index in [0.717, 1.165) is 6.54 Å². The van der Waals surface area contributed by atoms with Gasteiger partial charge in [0.05, 0.1) is 0 Å². The quantitative estimate of drug-likeness (QED) is 0.839. The summed E-state index contributed by atoms with van der Waals surface area (Å²) in [5.41, 5.74) is 4.32. The molecule has 1 heterocycles. The lowest BCUT2D eigenvalue weighted by Crippen LogP contribution is -2.35. The summed E-state index contributed by atoms with van der Waals surface area (Å²) < 4.78 is 0. The van der Waals surface area contributed by atoms with Gasteiger partial charge in [0.15, 0.2) is 0 Å². The third-order valence-electron chi connectivity index (χ3n) is 3.36. The minimum Gasteiger partial charge on any atom is -0.366 e. The van der Waals surface area contributed by atoms with Crippen molar-refractivity contribution in [1.82, 2.24) is 5.32 Å². The fourth-order valence-electron chi connectivity index (χ4n) is 2.78. The van der Waals surface area contributed by atoms with Crippen molar-refractivity contribution in [3.63, 3.8) is 0 Å². The summed E-state index contributed by atoms with van der Waals surface area (Å²) in [7, 11) is 2.00. The molecule has 88 valence electrons. The fourth-order valence-corrected chi connectivity index (χ4v) is 2.78. The predicted octanol–water partition coefficient (Wildman–Crippen LogP) is 2.57. The van der Waals surface area contributed by atoms with Gasteiger partial charge in [-0.3, -0.25) is 0 Å². The number of rotatable bonds is 3. The number of hydrogen-bond donors (Lipinski definition) is 1. The molecule has 2 rings (SSSR count). The third kappa shape index (κ3) is 1.94. The van der Waals surface area contributed by atoms with Crippen molar-refractivity contribution in [3.05, 3.63) is 29.3 Å². The Morgan fingerprint density at radius 3 is 2.81 bits per heavy atom. The van der Waals surface area contributed by atoms with E-state index in [1.165, 1.54) is 23.2 Å². The minimum absolute atomic E-state index is 0.584. The first-order valence-electron chi connectivity index (χ1n) is 6.18. The Morgan fingerprint density at radius 2 is 2.19 bits per heavy atom. The van der Waals surface area contributed by atoms with E-state index < -0.39 is 0 Å². The van der Waals surface area contributed by atoms with E-state index in [1.807, 2.05) is 7.05 Å². The minimum atomic E-state index is 0.584. The first kappa shape index (κ1) is 11.5. The van der Waals surface area contributed by atoms with Gasteiger partial charge in [0, 0.05) is 24.3 Å². The van der Waals surface area contributed by atoms with Crippen molar-refractivity contribution in [2.24, 2.45) is 0 Å². The maximum Gasteiger partial charge on any atom is 0.0407 e. The Labute approximate surface area is 98.7 Å². The van der Waals surface area contributed by atoms with Gasteiger partial charge in [-0.05, 0) is 51.4 Å². The van der Waals surface area contributed by atoms with Crippen LogP contribution in [0.3, 0.4) is 0 Å². The summed E-state index contributed by atoms with van der Waals surface area (Å²) in [6.45, 7) is 7.82. The number of nitrogens with one attached hydrogen (secondary N) is 1. The Hall–Kier alpha value is -1.02. The summed E-state index contributed by atoms with van der Waals surface area (Å²) in [6.07, 6.45) is 1.19. The van der Waals surface area contributed by atoms with Crippen molar-refractivity contribution in [1.29, 1.82) is 0 Å². The van der Waals surface area contributed by atoms with Crippen LogP contribution in [0, 0.1) is 0 Å². The molecule has 1 unspecified atom stereocenters. The molecule has 0 fully saturated rings. The Kier molecular flexibility index (Phi) is 3.20. The maximum absolute atomic E-state index is 3.21. The molecule has 1 aromatic carbocycles. The lowest BCUT2D eigenvalue weighted by Gasteiger charge is -2.29. The molecule has 0 aliphatic carbocycles. The molecule has 0 spiro atoms. The summed E-state index contributed by atoms with van der Waals surface area (Å²) in [4.78, 5) is 2.54. The molecule has 0 aromatic heterocycles. The van der Waals surface area contributed by atoms with Gasteiger partial charge >= 0.3 is 0 Å². The lowest BCUT2D eigenvalue weighted by molar-refractivity contribution is 0.605. The van der Waals surface area contributed by atoms with Crippen LogP contribution in [0.15, 0.2) is 18.2 Å². The van der Waals surface area contributed by atoms with Crippen LogP contribution < -0.4 is 10.2 Å².